The number of nitrogens with zero attached hydrogens (tertiary/aromatic N) is 2. The van der Waals surface area contributed by atoms with E-state index in [1.54, 1.807) is 20.0 Å². The van der Waals surface area contributed by atoms with Crippen LogP contribution in [0.15, 0.2) is 12.7 Å². The maximum atomic E-state index is 12.1. The minimum Gasteiger partial charge on any atom is -0.480 e. The van der Waals surface area contributed by atoms with Gasteiger partial charge in [-0.1, -0.05) is 6.08 Å². The number of hydrogen-bond donors (Lipinski definition) is 1. The molecule has 1 unspecified atom stereocenters. The number of aliphatic carboxylic acids is 1. The van der Waals surface area contributed by atoms with Gasteiger partial charge in [0.15, 0.2) is 0 Å². The Morgan fingerprint density at radius 2 is 2.18 bits per heavy atom. The van der Waals surface area contributed by atoms with Gasteiger partial charge in [0, 0.05) is 20.1 Å². The lowest BCUT2D eigenvalue weighted by Gasteiger charge is -2.43. The van der Waals surface area contributed by atoms with E-state index < -0.39 is 11.5 Å². The largest absolute Gasteiger partial charge is 0.480 e. The predicted molar refractivity (Wildman–Crippen MR) is 64.8 cm³/mol. The van der Waals surface area contributed by atoms with Crippen molar-refractivity contribution in [2.75, 3.05) is 20.1 Å². The molecule has 96 valence electrons. The molecule has 0 aromatic rings. The highest BCUT2D eigenvalue weighted by Gasteiger charge is 2.44. The van der Waals surface area contributed by atoms with Crippen molar-refractivity contribution in [1.82, 2.24) is 9.80 Å². The summed E-state index contributed by atoms with van der Waals surface area (Å²) in [6.45, 7) is 6.11. The second kappa shape index (κ2) is 5.21. The van der Waals surface area contributed by atoms with Crippen molar-refractivity contribution in [2.24, 2.45) is 0 Å². The molecule has 1 rings (SSSR count). The number of amides is 2. The van der Waals surface area contributed by atoms with E-state index in [4.69, 9.17) is 0 Å². The number of hydrogen-bond acceptors (Lipinski definition) is 2. The molecule has 1 N–H and O–H groups in total. The lowest BCUT2D eigenvalue weighted by atomic mass is 9.89. The zero-order chi connectivity index (χ0) is 13.1. The van der Waals surface area contributed by atoms with E-state index in [1.165, 1.54) is 9.80 Å². The second-order valence-corrected chi connectivity index (χ2v) is 4.64. The molecule has 0 radical (unpaired) electrons. The number of rotatable bonds is 3. The highest BCUT2D eigenvalue weighted by Crippen LogP contribution is 2.29. The molecular weight excluding hydrogens is 220 g/mol. The van der Waals surface area contributed by atoms with Crippen LogP contribution in [0.2, 0.25) is 0 Å². The van der Waals surface area contributed by atoms with Gasteiger partial charge in [-0.3, -0.25) is 0 Å². The van der Waals surface area contributed by atoms with Gasteiger partial charge in [0.2, 0.25) is 0 Å². The maximum absolute atomic E-state index is 12.1. The summed E-state index contributed by atoms with van der Waals surface area (Å²) in [6.07, 6.45) is 3.84. The minimum atomic E-state index is -1.08. The molecule has 0 aromatic carbocycles. The van der Waals surface area contributed by atoms with Gasteiger partial charge in [-0.05, 0) is 26.2 Å². The van der Waals surface area contributed by atoms with Crippen molar-refractivity contribution in [3.8, 4) is 0 Å². The van der Waals surface area contributed by atoms with Crippen LogP contribution < -0.4 is 0 Å². The molecule has 0 aromatic heterocycles. The first-order chi connectivity index (χ1) is 7.93. The zero-order valence-electron chi connectivity index (χ0n) is 10.5. The Labute approximate surface area is 102 Å². The molecule has 0 spiro atoms. The normalized spacial score (nSPS) is 24.2. The first-order valence-electron chi connectivity index (χ1n) is 5.80. The SMILES string of the molecule is C=CCN(C)C(=O)N1CCCCC1(C)C(=O)O. The van der Waals surface area contributed by atoms with E-state index in [1.807, 2.05) is 0 Å². The average molecular weight is 240 g/mol. The summed E-state index contributed by atoms with van der Waals surface area (Å²) < 4.78 is 0. The molecule has 0 bridgehead atoms. The number of carbonyl (C=O) groups is 2. The molecule has 1 aliphatic rings. The number of likely N-dealkylation sites (N-methyl/N-ethyl adjacent to an activating group) is 1. The van der Waals surface area contributed by atoms with Crippen molar-refractivity contribution in [2.45, 2.75) is 31.7 Å². The van der Waals surface area contributed by atoms with E-state index in [0.29, 0.717) is 19.5 Å². The van der Waals surface area contributed by atoms with Crippen LogP contribution in [0.4, 0.5) is 4.79 Å². The summed E-state index contributed by atoms with van der Waals surface area (Å²) in [7, 11) is 1.65. The molecule has 5 heteroatoms. The van der Waals surface area contributed by atoms with Gasteiger partial charge in [-0.2, -0.15) is 0 Å². The monoisotopic (exact) mass is 240 g/mol. The highest BCUT2D eigenvalue weighted by atomic mass is 16.4. The molecule has 0 saturated carbocycles. The van der Waals surface area contributed by atoms with Crippen LogP contribution in [0.1, 0.15) is 26.2 Å². The van der Waals surface area contributed by atoms with Crippen molar-refractivity contribution < 1.29 is 14.7 Å². The summed E-state index contributed by atoms with van der Waals surface area (Å²) >= 11 is 0. The van der Waals surface area contributed by atoms with Crippen LogP contribution in [-0.4, -0.2) is 52.6 Å². The van der Waals surface area contributed by atoms with Gasteiger partial charge in [0.05, 0.1) is 0 Å². The summed E-state index contributed by atoms with van der Waals surface area (Å²) in [5.74, 6) is -0.933. The van der Waals surface area contributed by atoms with E-state index in [-0.39, 0.29) is 6.03 Å². The molecule has 1 aliphatic heterocycles. The van der Waals surface area contributed by atoms with Crippen LogP contribution in [-0.2, 0) is 4.79 Å². The number of carboxylic acids is 1. The molecule has 1 saturated heterocycles. The zero-order valence-corrected chi connectivity index (χ0v) is 10.5. The third-order valence-corrected chi connectivity index (χ3v) is 3.31. The standard InChI is InChI=1S/C12H20N2O3/c1-4-8-13(3)11(17)14-9-6-5-7-12(14,2)10(15)16/h4H,1,5-9H2,2-3H3,(H,15,16). The number of likely N-dealkylation sites (tertiary alicyclic amines) is 1. The Hall–Kier alpha value is -1.52. The molecule has 1 heterocycles. The fourth-order valence-electron chi connectivity index (χ4n) is 2.13. The molecular formula is C12H20N2O3. The van der Waals surface area contributed by atoms with Crippen LogP contribution in [0, 0.1) is 0 Å². The highest BCUT2D eigenvalue weighted by molar-refractivity contribution is 5.86. The van der Waals surface area contributed by atoms with Gasteiger partial charge < -0.3 is 14.9 Å². The second-order valence-electron chi connectivity index (χ2n) is 4.64. The Bertz CT molecular complexity index is 330. The van der Waals surface area contributed by atoms with Gasteiger partial charge in [0.25, 0.3) is 0 Å². The van der Waals surface area contributed by atoms with Crippen LogP contribution >= 0.6 is 0 Å². The van der Waals surface area contributed by atoms with E-state index in [2.05, 4.69) is 6.58 Å². The predicted octanol–water partition coefficient (Wildman–Crippen LogP) is 1.55. The summed E-state index contributed by atoms with van der Waals surface area (Å²) in [5, 5.41) is 9.30. The number of carboxylic acid groups (broad SMARTS) is 1. The van der Waals surface area contributed by atoms with Gasteiger partial charge in [-0.15, -0.1) is 6.58 Å². The molecule has 1 fully saturated rings. The lowest BCUT2D eigenvalue weighted by Crippen LogP contribution is -2.60. The van der Waals surface area contributed by atoms with Crippen molar-refractivity contribution in [3.05, 3.63) is 12.7 Å². The Kier molecular flexibility index (Phi) is 4.15. The third kappa shape index (κ3) is 2.60. The van der Waals surface area contributed by atoms with E-state index in [0.717, 1.165) is 12.8 Å². The van der Waals surface area contributed by atoms with Gasteiger partial charge in [0.1, 0.15) is 5.54 Å². The molecule has 1 atom stereocenters. The topological polar surface area (TPSA) is 60.9 Å². The van der Waals surface area contributed by atoms with E-state index in [9.17, 15) is 14.7 Å². The Morgan fingerprint density at radius 3 is 2.71 bits per heavy atom. The van der Waals surface area contributed by atoms with Crippen molar-refractivity contribution in [3.63, 3.8) is 0 Å². The average Bonchev–Trinajstić information content (AvgIpc) is 2.29. The number of urea groups is 1. The number of carbonyl (C=O) groups excluding carboxylic acids is 1. The lowest BCUT2D eigenvalue weighted by molar-refractivity contribution is -0.150. The van der Waals surface area contributed by atoms with Crippen LogP contribution in [0.3, 0.4) is 0 Å². The quantitative estimate of drug-likeness (QED) is 0.761. The smallest absolute Gasteiger partial charge is 0.329 e. The van der Waals surface area contributed by atoms with Crippen molar-refractivity contribution in [1.29, 1.82) is 0 Å². The summed E-state index contributed by atoms with van der Waals surface area (Å²) in [4.78, 5) is 26.4. The first kappa shape index (κ1) is 13.5. The fourth-order valence-corrected chi connectivity index (χ4v) is 2.13. The molecule has 0 aliphatic carbocycles. The number of piperidine rings is 1. The summed E-state index contributed by atoms with van der Waals surface area (Å²) in [6, 6.07) is -0.241. The molecule has 2 amide bonds. The van der Waals surface area contributed by atoms with E-state index >= 15 is 0 Å². The summed E-state index contributed by atoms with van der Waals surface area (Å²) in [5.41, 5.74) is -1.08. The van der Waals surface area contributed by atoms with Crippen LogP contribution in [0.25, 0.3) is 0 Å². The molecule has 5 nitrogen and oxygen atoms in total. The first-order valence-corrected chi connectivity index (χ1v) is 5.80. The van der Waals surface area contributed by atoms with Crippen LogP contribution in [0.5, 0.6) is 0 Å². The van der Waals surface area contributed by atoms with Gasteiger partial charge >= 0.3 is 12.0 Å². The Balaban J connectivity index is 2.88. The minimum absolute atomic E-state index is 0.241. The fraction of sp³-hybridized carbons (Fsp3) is 0.667. The third-order valence-electron chi connectivity index (χ3n) is 3.31. The maximum Gasteiger partial charge on any atom is 0.329 e. The van der Waals surface area contributed by atoms with Gasteiger partial charge in [-0.25, -0.2) is 9.59 Å². The van der Waals surface area contributed by atoms with Crippen molar-refractivity contribution >= 4 is 12.0 Å². The Morgan fingerprint density at radius 1 is 1.53 bits per heavy atom. The molecule has 17 heavy (non-hydrogen) atoms.